The number of carbonyl (C=O) groups is 2. The van der Waals surface area contributed by atoms with Gasteiger partial charge < -0.3 is 15.3 Å². The van der Waals surface area contributed by atoms with Crippen LogP contribution < -0.4 is 5.32 Å². The second-order valence-electron chi connectivity index (χ2n) is 5.31. The van der Waals surface area contributed by atoms with Gasteiger partial charge in [0.25, 0.3) is 0 Å². The molecule has 1 aromatic rings. The van der Waals surface area contributed by atoms with E-state index < -0.39 is 6.10 Å². The lowest BCUT2D eigenvalue weighted by atomic mass is 10.1. The summed E-state index contributed by atoms with van der Waals surface area (Å²) in [6.45, 7) is 2.80. The predicted octanol–water partition coefficient (Wildman–Crippen LogP) is 1.69. The number of aliphatic hydroxyl groups excluding tert-OH is 1. The highest BCUT2D eigenvalue weighted by Gasteiger charge is 2.33. The van der Waals surface area contributed by atoms with Crippen molar-refractivity contribution < 1.29 is 14.7 Å². The molecule has 1 fully saturated rings. The van der Waals surface area contributed by atoms with Gasteiger partial charge in [-0.2, -0.15) is 11.3 Å². The van der Waals surface area contributed by atoms with Crippen LogP contribution in [0.5, 0.6) is 0 Å². The topological polar surface area (TPSA) is 69.6 Å². The number of thiophene rings is 1. The first-order valence-electron chi connectivity index (χ1n) is 7.40. The molecule has 0 saturated carbocycles. The summed E-state index contributed by atoms with van der Waals surface area (Å²) in [5.41, 5.74) is 0.811. The van der Waals surface area contributed by atoms with Gasteiger partial charge in [-0.25, -0.2) is 0 Å². The Morgan fingerprint density at radius 1 is 1.57 bits per heavy atom. The van der Waals surface area contributed by atoms with E-state index in [9.17, 15) is 14.7 Å². The third-order valence-electron chi connectivity index (χ3n) is 3.74. The molecule has 1 saturated heterocycles. The van der Waals surface area contributed by atoms with E-state index in [1.165, 1.54) is 11.3 Å². The number of rotatable bonds is 6. The Hall–Kier alpha value is -1.40. The summed E-state index contributed by atoms with van der Waals surface area (Å²) in [7, 11) is 0. The number of likely N-dealkylation sites (tertiary alicyclic amines) is 1. The molecule has 1 aliphatic rings. The minimum absolute atomic E-state index is 0.0496. The molecule has 116 valence electrons. The van der Waals surface area contributed by atoms with Gasteiger partial charge in [-0.1, -0.05) is 6.92 Å². The van der Waals surface area contributed by atoms with Gasteiger partial charge in [0.15, 0.2) is 0 Å². The molecule has 1 aromatic heterocycles. The number of hydrogen-bond acceptors (Lipinski definition) is 4. The van der Waals surface area contributed by atoms with Crippen LogP contribution in [0.3, 0.4) is 0 Å². The fourth-order valence-electron chi connectivity index (χ4n) is 2.59. The molecule has 21 heavy (non-hydrogen) atoms. The van der Waals surface area contributed by atoms with Gasteiger partial charge in [0.05, 0.1) is 6.10 Å². The van der Waals surface area contributed by atoms with Gasteiger partial charge in [0, 0.05) is 19.5 Å². The zero-order valence-corrected chi connectivity index (χ0v) is 13.1. The van der Waals surface area contributed by atoms with Crippen molar-refractivity contribution >= 4 is 23.2 Å². The van der Waals surface area contributed by atoms with E-state index in [0.29, 0.717) is 19.4 Å². The summed E-state index contributed by atoms with van der Waals surface area (Å²) in [4.78, 5) is 25.9. The highest BCUT2D eigenvalue weighted by molar-refractivity contribution is 7.07. The fourth-order valence-corrected chi connectivity index (χ4v) is 3.30. The van der Waals surface area contributed by atoms with Crippen LogP contribution in [0.4, 0.5) is 0 Å². The van der Waals surface area contributed by atoms with Crippen LogP contribution in [0.1, 0.15) is 44.3 Å². The molecule has 0 aliphatic carbocycles. The molecule has 2 amide bonds. The van der Waals surface area contributed by atoms with Crippen molar-refractivity contribution in [1.29, 1.82) is 0 Å². The number of nitrogens with zero attached hydrogens (tertiary/aromatic N) is 1. The molecule has 2 heterocycles. The summed E-state index contributed by atoms with van der Waals surface area (Å²) in [5, 5.41) is 16.5. The van der Waals surface area contributed by atoms with Crippen molar-refractivity contribution in [3.8, 4) is 0 Å². The number of carbonyl (C=O) groups excluding carboxylic acids is 2. The van der Waals surface area contributed by atoms with E-state index in [4.69, 9.17) is 0 Å². The second kappa shape index (κ2) is 7.56. The van der Waals surface area contributed by atoms with Gasteiger partial charge in [0.2, 0.25) is 11.8 Å². The zero-order valence-electron chi connectivity index (χ0n) is 12.2. The van der Waals surface area contributed by atoms with Crippen molar-refractivity contribution in [3.63, 3.8) is 0 Å². The van der Waals surface area contributed by atoms with Crippen LogP contribution in [0, 0.1) is 0 Å². The van der Waals surface area contributed by atoms with Crippen molar-refractivity contribution in [3.05, 3.63) is 22.4 Å². The van der Waals surface area contributed by atoms with Crippen LogP contribution >= 0.6 is 11.3 Å². The van der Waals surface area contributed by atoms with Gasteiger partial charge in [-0.15, -0.1) is 0 Å². The molecule has 0 spiro atoms. The number of nitrogens with one attached hydrogen (secondary N) is 1. The molecule has 0 unspecified atom stereocenters. The summed E-state index contributed by atoms with van der Waals surface area (Å²) >= 11 is 1.51. The lowest BCUT2D eigenvalue weighted by Gasteiger charge is -2.24. The minimum atomic E-state index is -0.693. The molecule has 0 bridgehead atoms. The van der Waals surface area contributed by atoms with E-state index in [2.05, 4.69) is 5.32 Å². The quantitative estimate of drug-likeness (QED) is 0.840. The third-order valence-corrected chi connectivity index (χ3v) is 4.44. The lowest BCUT2D eigenvalue weighted by Crippen LogP contribution is -2.46. The predicted molar refractivity (Wildman–Crippen MR) is 81.9 cm³/mol. The second-order valence-corrected chi connectivity index (χ2v) is 6.09. The Morgan fingerprint density at radius 2 is 2.38 bits per heavy atom. The highest BCUT2D eigenvalue weighted by Crippen LogP contribution is 2.20. The summed E-state index contributed by atoms with van der Waals surface area (Å²) < 4.78 is 0. The average molecular weight is 310 g/mol. The van der Waals surface area contributed by atoms with Gasteiger partial charge >= 0.3 is 0 Å². The highest BCUT2D eigenvalue weighted by atomic mass is 32.1. The molecule has 5 nitrogen and oxygen atoms in total. The summed E-state index contributed by atoms with van der Waals surface area (Å²) in [6.07, 6.45) is 2.15. The molecular weight excluding hydrogens is 288 g/mol. The number of aliphatic hydroxyl groups is 1. The Labute approximate surface area is 129 Å². The first-order chi connectivity index (χ1) is 10.1. The first kappa shape index (κ1) is 16.0. The first-order valence-corrected chi connectivity index (χ1v) is 8.35. The van der Waals surface area contributed by atoms with Crippen molar-refractivity contribution in [2.24, 2.45) is 0 Å². The molecule has 2 atom stereocenters. The molecular formula is C15H22N2O3S. The fraction of sp³-hybridized carbons (Fsp3) is 0.600. The van der Waals surface area contributed by atoms with Gasteiger partial charge in [0.1, 0.15) is 6.04 Å². The Balaban J connectivity index is 1.86. The minimum Gasteiger partial charge on any atom is -0.387 e. The maximum atomic E-state index is 12.2. The molecule has 6 heteroatoms. The van der Waals surface area contributed by atoms with Crippen LogP contribution in [-0.4, -0.2) is 41.0 Å². The van der Waals surface area contributed by atoms with E-state index in [-0.39, 0.29) is 24.4 Å². The lowest BCUT2D eigenvalue weighted by molar-refractivity contribution is -0.138. The Kier molecular flexibility index (Phi) is 5.76. The van der Waals surface area contributed by atoms with Crippen molar-refractivity contribution in [2.75, 3.05) is 13.1 Å². The van der Waals surface area contributed by atoms with Crippen LogP contribution in [0.2, 0.25) is 0 Å². The summed E-state index contributed by atoms with van der Waals surface area (Å²) in [5.74, 6) is -0.111. The average Bonchev–Trinajstić information content (AvgIpc) is 3.14. The molecule has 2 N–H and O–H groups in total. The molecule has 1 aliphatic heterocycles. The normalized spacial score (nSPS) is 19.5. The van der Waals surface area contributed by atoms with Crippen molar-refractivity contribution in [1.82, 2.24) is 10.2 Å². The monoisotopic (exact) mass is 310 g/mol. The van der Waals surface area contributed by atoms with E-state index in [0.717, 1.165) is 18.4 Å². The smallest absolute Gasteiger partial charge is 0.242 e. The third kappa shape index (κ3) is 4.04. The van der Waals surface area contributed by atoms with Crippen LogP contribution in [0.25, 0.3) is 0 Å². The molecule has 0 radical (unpaired) electrons. The van der Waals surface area contributed by atoms with Crippen LogP contribution in [0.15, 0.2) is 16.8 Å². The summed E-state index contributed by atoms with van der Waals surface area (Å²) in [6, 6.07) is 1.47. The Bertz CT molecular complexity index is 475. The van der Waals surface area contributed by atoms with E-state index in [1.807, 2.05) is 23.8 Å². The van der Waals surface area contributed by atoms with E-state index in [1.54, 1.807) is 4.90 Å². The number of hydrogen-bond donors (Lipinski definition) is 2. The standard InChI is InChI=1S/C15H22N2O3S/c1-2-4-14(19)17-7-3-5-12(17)15(20)16-9-13(18)11-6-8-21-10-11/h6,8,10,12-13,18H,2-5,7,9H2,1H3,(H,16,20)/t12-,13-/m0/s1. The van der Waals surface area contributed by atoms with Crippen molar-refractivity contribution in [2.45, 2.75) is 44.8 Å². The number of amides is 2. The van der Waals surface area contributed by atoms with E-state index >= 15 is 0 Å². The molecule has 0 aromatic carbocycles. The SMILES string of the molecule is CCCC(=O)N1CCC[C@H]1C(=O)NC[C@H](O)c1ccsc1. The van der Waals surface area contributed by atoms with Gasteiger partial charge in [-0.3, -0.25) is 9.59 Å². The Morgan fingerprint density at radius 3 is 3.05 bits per heavy atom. The molecule has 2 rings (SSSR count). The van der Waals surface area contributed by atoms with Gasteiger partial charge in [-0.05, 0) is 41.7 Å². The largest absolute Gasteiger partial charge is 0.387 e. The van der Waals surface area contributed by atoms with Crippen LogP contribution in [-0.2, 0) is 9.59 Å². The maximum absolute atomic E-state index is 12.2. The zero-order chi connectivity index (χ0) is 15.2. The maximum Gasteiger partial charge on any atom is 0.242 e.